The molecule has 0 radical (unpaired) electrons. The second kappa shape index (κ2) is 14.1. The van der Waals surface area contributed by atoms with E-state index in [2.05, 4.69) is 6.92 Å². The second-order valence-electron chi connectivity index (χ2n) is 15.1. The summed E-state index contributed by atoms with van der Waals surface area (Å²) in [5, 5.41) is 0. The van der Waals surface area contributed by atoms with E-state index in [9.17, 15) is 14.3 Å². The number of phosphoric ester groups is 1. The first-order valence-corrected chi connectivity index (χ1v) is 20.2. The SMILES string of the molecule is CCCCOc1ccc2c(c1)Oc1cc(OP(=O)(O)OC3[C@@H]4OC(C)(C)O[C@@H]4C(O[C@@H](C)OCC)[C@@H]4OC(C)(C)O[C@@H]34)ccc1[C@@]21OC(=O)c2ccccc21. The fourth-order valence-electron chi connectivity index (χ4n) is 8.22. The highest BCUT2D eigenvalue weighted by atomic mass is 31.2. The molecule has 3 aromatic carbocycles. The van der Waals surface area contributed by atoms with Gasteiger partial charge >= 0.3 is 13.8 Å². The highest BCUT2D eigenvalue weighted by Crippen LogP contribution is 2.58. The van der Waals surface area contributed by atoms with Crippen LogP contribution < -0.4 is 14.0 Å². The molecule has 5 aliphatic rings. The lowest BCUT2D eigenvalue weighted by molar-refractivity contribution is -0.239. The third-order valence-corrected chi connectivity index (χ3v) is 11.2. The summed E-state index contributed by atoms with van der Waals surface area (Å²) < 4.78 is 81.5. The maximum Gasteiger partial charge on any atom is 0.527 e. The first-order chi connectivity index (χ1) is 26.1. The number of phosphoric acid groups is 1. The average Bonchev–Trinajstić information content (AvgIpc) is 3.73. The number of carbonyl (C=O) groups excluding carboxylic acids is 1. The Morgan fingerprint density at radius 2 is 1.38 bits per heavy atom. The van der Waals surface area contributed by atoms with E-state index in [4.69, 9.17) is 51.7 Å². The average molecular weight is 783 g/mol. The van der Waals surface area contributed by atoms with E-state index in [0.29, 0.717) is 47.0 Å². The Balaban J connectivity index is 1.11. The van der Waals surface area contributed by atoms with Gasteiger partial charge in [-0.2, -0.15) is 0 Å². The Morgan fingerprint density at radius 1 is 0.800 bits per heavy atom. The standard InChI is InChI=1S/C40H47O14P/c1-8-10-19-45-23-15-17-27-29(20-23)47-30-21-24(16-18-28(30)40(27)26-14-12-11-13-25(26)37(41)52-40)53-55(42,43)54-36-34-32(48-38(4,5)50-34)31(46-22(3)44-9-2)33-35(36)51-39(6,7)49-33/h11-18,20-22,31-36H,8-10,19H2,1-7H3,(H,42,43)/t22-,31?,32-,33+,34+,35+,36?,40-/m0/s1. The van der Waals surface area contributed by atoms with Gasteiger partial charge in [-0.05, 0) is 78.3 Å². The minimum atomic E-state index is -4.94. The van der Waals surface area contributed by atoms with Crippen molar-refractivity contribution in [2.24, 2.45) is 0 Å². The van der Waals surface area contributed by atoms with Crippen LogP contribution in [-0.2, 0) is 47.8 Å². The number of hydrogen-bond acceptors (Lipinski definition) is 13. The minimum Gasteiger partial charge on any atom is -0.493 e. The van der Waals surface area contributed by atoms with Crippen molar-refractivity contribution in [2.45, 2.75) is 121 Å². The van der Waals surface area contributed by atoms with E-state index in [1.54, 1.807) is 58.9 Å². The van der Waals surface area contributed by atoms with Crippen molar-refractivity contribution < 1.29 is 65.9 Å². The second-order valence-corrected chi connectivity index (χ2v) is 16.4. The number of benzene rings is 3. The molecule has 0 bridgehead atoms. The summed E-state index contributed by atoms with van der Waals surface area (Å²) in [7, 11) is -4.94. The van der Waals surface area contributed by atoms with E-state index in [0.717, 1.165) is 12.8 Å². The summed E-state index contributed by atoms with van der Waals surface area (Å²) in [5.41, 5.74) is 0.804. The summed E-state index contributed by atoms with van der Waals surface area (Å²) in [5.74, 6) is -1.50. The molecular formula is C40H47O14P. The third-order valence-electron chi connectivity index (χ3n) is 10.3. The van der Waals surface area contributed by atoms with Gasteiger partial charge in [-0.1, -0.05) is 31.5 Å². The molecule has 8 rings (SSSR count). The van der Waals surface area contributed by atoms with Crippen LogP contribution in [0.25, 0.3) is 0 Å². The molecule has 0 aromatic heterocycles. The van der Waals surface area contributed by atoms with E-state index in [1.165, 1.54) is 12.1 Å². The molecule has 1 aliphatic carbocycles. The number of ether oxygens (including phenoxy) is 9. The molecule has 3 unspecified atom stereocenters. The van der Waals surface area contributed by atoms with Crippen LogP contribution >= 0.6 is 7.82 Å². The van der Waals surface area contributed by atoms with E-state index < -0.39 is 73.9 Å². The maximum absolute atomic E-state index is 14.0. The zero-order chi connectivity index (χ0) is 38.9. The summed E-state index contributed by atoms with van der Waals surface area (Å²) in [6.45, 7) is 13.6. The van der Waals surface area contributed by atoms with Crippen molar-refractivity contribution in [2.75, 3.05) is 13.2 Å². The Hall–Kier alpha value is -3.56. The van der Waals surface area contributed by atoms with Crippen LogP contribution in [0.1, 0.15) is 88.4 Å². The van der Waals surface area contributed by atoms with Gasteiger partial charge in [0.1, 0.15) is 59.6 Å². The largest absolute Gasteiger partial charge is 0.527 e. The van der Waals surface area contributed by atoms with Crippen molar-refractivity contribution >= 4 is 13.8 Å². The quantitative estimate of drug-likeness (QED) is 0.0858. The zero-order valence-electron chi connectivity index (χ0n) is 31.8. The Kier molecular flexibility index (Phi) is 9.84. The molecule has 0 amide bonds. The first kappa shape index (κ1) is 38.3. The highest BCUT2D eigenvalue weighted by molar-refractivity contribution is 7.47. The van der Waals surface area contributed by atoms with Crippen LogP contribution in [0, 0.1) is 0 Å². The fourth-order valence-corrected chi connectivity index (χ4v) is 9.19. The number of esters is 1. The van der Waals surface area contributed by atoms with Gasteiger partial charge in [0.15, 0.2) is 23.5 Å². The molecule has 1 saturated carbocycles. The smallest absolute Gasteiger partial charge is 0.493 e. The number of hydrogen-bond donors (Lipinski definition) is 1. The predicted octanol–water partition coefficient (Wildman–Crippen LogP) is 7.12. The number of unbranched alkanes of at least 4 members (excludes halogenated alkanes) is 1. The van der Waals surface area contributed by atoms with Crippen molar-refractivity contribution in [1.29, 1.82) is 0 Å². The van der Waals surface area contributed by atoms with Gasteiger partial charge in [-0.3, -0.25) is 9.42 Å². The molecule has 2 saturated heterocycles. The van der Waals surface area contributed by atoms with E-state index >= 15 is 0 Å². The van der Waals surface area contributed by atoms with Gasteiger partial charge in [0.05, 0.1) is 12.2 Å². The van der Waals surface area contributed by atoms with Crippen LogP contribution in [0.4, 0.5) is 0 Å². The Labute approximate surface area is 319 Å². The lowest BCUT2D eigenvalue weighted by Gasteiger charge is -2.43. The van der Waals surface area contributed by atoms with Crippen molar-refractivity contribution in [3.8, 4) is 23.0 Å². The maximum atomic E-state index is 14.0. The fraction of sp³-hybridized carbons (Fsp3) is 0.525. The van der Waals surface area contributed by atoms with Crippen molar-refractivity contribution in [1.82, 2.24) is 0 Å². The monoisotopic (exact) mass is 782 g/mol. The zero-order valence-corrected chi connectivity index (χ0v) is 32.7. The minimum absolute atomic E-state index is 0.0420. The number of fused-ring (bicyclic) bond motifs is 8. The van der Waals surface area contributed by atoms with Crippen LogP contribution in [0.15, 0.2) is 60.7 Å². The first-order valence-electron chi connectivity index (χ1n) is 18.8. The van der Waals surface area contributed by atoms with Crippen LogP contribution in [0.3, 0.4) is 0 Å². The van der Waals surface area contributed by atoms with Crippen molar-refractivity contribution in [3.05, 3.63) is 82.9 Å². The Bertz CT molecular complexity index is 1970. The van der Waals surface area contributed by atoms with Gasteiger partial charge < -0.3 is 47.2 Å². The van der Waals surface area contributed by atoms with Crippen molar-refractivity contribution in [3.63, 3.8) is 0 Å². The third kappa shape index (κ3) is 6.96. The van der Waals surface area contributed by atoms with Gasteiger partial charge in [-0.15, -0.1) is 0 Å². The molecule has 3 aromatic rings. The molecule has 1 N–H and O–H groups in total. The molecule has 296 valence electrons. The van der Waals surface area contributed by atoms with E-state index in [-0.39, 0.29) is 11.5 Å². The molecule has 55 heavy (non-hydrogen) atoms. The van der Waals surface area contributed by atoms with Gasteiger partial charge in [0, 0.05) is 35.4 Å². The molecular weight excluding hydrogens is 735 g/mol. The predicted molar refractivity (Wildman–Crippen MR) is 194 cm³/mol. The Morgan fingerprint density at radius 3 is 2.00 bits per heavy atom. The number of rotatable bonds is 12. The van der Waals surface area contributed by atoms with Gasteiger partial charge in [-0.25, -0.2) is 9.36 Å². The summed E-state index contributed by atoms with van der Waals surface area (Å²) in [6.07, 6.45) is -4.05. The van der Waals surface area contributed by atoms with Gasteiger partial charge in [0.25, 0.3) is 0 Å². The van der Waals surface area contributed by atoms with E-state index in [1.807, 2.05) is 31.2 Å². The topological polar surface area (TPSA) is 156 Å². The molecule has 1 spiro atoms. The highest BCUT2D eigenvalue weighted by Gasteiger charge is 2.66. The molecule has 14 nitrogen and oxygen atoms in total. The molecule has 9 atom stereocenters. The lowest BCUT2D eigenvalue weighted by atomic mass is 9.77. The summed E-state index contributed by atoms with van der Waals surface area (Å²) in [4.78, 5) is 24.7. The van der Waals surface area contributed by atoms with Crippen LogP contribution in [-0.4, -0.2) is 78.6 Å². The molecule has 15 heteroatoms. The molecule has 3 fully saturated rings. The summed E-state index contributed by atoms with van der Waals surface area (Å²) in [6, 6.07) is 17.2. The van der Waals surface area contributed by atoms with Gasteiger partial charge in [0.2, 0.25) is 0 Å². The normalized spacial score (nSPS) is 30.9. The lowest BCUT2D eigenvalue weighted by Crippen LogP contribution is -2.63. The van der Waals surface area contributed by atoms with Crippen LogP contribution in [0.5, 0.6) is 23.0 Å². The molecule has 4 aliphatic heterocycles. The van der Waals surface area contributed by atoms with Crippen LogP contribution in [0.2, 0.25) is 0 Å². The number of carbonyl (C=O) groups is 1. The summed E-state index contributed by atoms with van der Waals surface area (Å²) >= 11 is 0. The molecule has 4 heterocycles.